The Hall–Kier alpha value is -2.48. The molecule has 0 saturated carbocycles. The predicted molar refractivity (Wildman–Crippen MR) is 236 cm³/mol. The molecule has 14 nitrogen and oxygen atoms in total. The lowest BCUT2D eigenvalue weighted by Crippen LogP contribution is -2.29. The summed E-state index contributed by atoms with van der Waals surface area (Å²) >= 11 is 0. The molecule has 0 aliphatic rings. The summed E-state index contributed by atoms with van der Waals surface area (Å²) in [5.41, 5.74) is 0. The van der Waals surface area contributed by atoms with Crippen molar-refractivity contribution in [2.45, 2.75) is 167 Å². The molecule has 0 saturated heterocycles. The van der Waals surface area contributed by atoms with E-state index in [0.717, 1.165) is 51.4 Å². The summed E-state index contributed by atoms with van der Waals surface area (Å²) in [6.07, 6.45) is 39.2. The van der Waals surface area contributed by atoms with Crippen LogP contribution in [0.3, 0.4) is 0 Å². The van der Waals surface area contributed by atoms with Gasteiger partial charge in [0.05, 0.1) is 25.9 Å². The maximum atomic E-state index is 12.6. The van der Waals surface area contributed by atoms with Crippen molar-refractivity contribution in [1.29, 1.82) is 0 Å². The van der Waals surface area contributed by atoms with Crippen LogP contribution in [0.25, 0.3) is 0 Å². The van der Waals surface area contributed by atoms with Crippen molar-refractivity contribution in [3.63, 3.8) is 0 Å². The molecule has 0 fully saturated rings. The Morgan fingerprint density at radius 3 is 1.70 bits per heavy atom. The molecule has 0 amide bonds. The molecule has 0 aromatic carbocycles. The van der Waals surface area contributed by atoms with Gasteiger partial charge in [-0.05, 0) is 77.0 Å². The molecule has 0 aliphatic heterocycles. The Morgan fingerprint density at radius 2 is 1.07 bits per heavy atom. The largest absolute Gasteiger partial charge is 0.472 e. The summed E-state index contributed by atoms with van der Waals surface area (Å²) in [5.74, 6) is -1.16. The summed E-state index contributed by atoms with van der Waals surface area (Å²) in [5, 5.41) is 19.8. The van der Waals surface area contributed by atoms with Gasteiger partial charge >= 0.3 is 27.6 Å². The third-order valence-electron chi connectivity index (χ3n) is 8.64. The second-order valence-electron chi connectivity index (χ2n) is 14.5. The average molecular weight is 891 g/mol. The molecule has 0 bridgehead atoms. The van der Waals surface area contributed by atoms with Crippen LogP contribution in [0.1, 0.15) is 149 Å². The highest BCUT2D eigenvalue weighted by Gasteiger charge is 2.28. The van der Waals surface area contributed by atoms with E-state index in [1.54, 1.807) is 6.08 Å². The van der Waals surface area contributed by atoms with Gasteiger partial charge in [-0.2, -0.15) is 0 Å². The van der Waals surface area contributed by atoms with E-state index < -0.39 is 72.3 Å². The van der Waals surface area contributed by atoms with Crippen molar-refractivity contribution in [3.05, 3.63) is 72.9 Å². The zero-order chi connectivity index (χ0) is 44.6. The highest BCUT2D eigenvalue weighted by atomic mass is 31.2. The number of carbonyl (C=O) groups excluding carboxylic acids is 2. The van der Waals surface area contributed by atoms with Crippen molar-refractivity contribution >= 4 is 27.6 Å². The Morgan fingerprint density at radius 1 is 0.550 bits per heavy atom. The van der Waals surface area contributed by atoms with Crippen LogP contribution in [0.15, 0.2) is 72.9 Å². The van der Waals surface area contributed by atoms with Crippen molar-refractivity contribution in [2.75, 3.05) is 26.4 Å². The summed E-state index contributed by atoms with van der Waals surface area (Å²) in [6, 6.07) is 0. The Balaban J connectivity index is 4.71. The van der Waals surface area contributed by atoms with Crippen molar-refractivity contribution < 1.29 is 66.7 Å². The van der Waals surface area contributed by atoms with Crippen LogP contribution in [0.4, 0.5) is 0 Å². The van der Waals surface area contributed by atoms with Crippen LogP contribution in [0, 0.1) is 0 Å². The number of phosphoric acid groups is 2. The zero-order valence-electron chi connectivity index (χ0n) is 36.1. The molecule has 1 unspecified atom stereocenters. The van der Waals surface area contributed by atoms with Crippen molar-refractivity contribution in [1.82, 2.24) is 0 Å². The monoisotopic (exact) mass is 890 g/mol. The fourth-order valence-electron chi connectivity index (χ4n) is 5.27. The maximum Gasteiger partial charge on any atom is 0.472 e. The first-order valence-electron chi connectivity index (χ1n) is 21.7. The van der Waals surface area contributed by atoms with Gasteiger partial charge < -0.3 is 34.4 Å². The number of aliphatic hydroxyl groups excluding tert-OH is 2. The quantitative estimate of drug-likeness (QED) is 0.0127. The number of esters is 2. The van der Waals surface area contributed by atoms with Crippen molar-refractivity contribution in [2.24, 2.45) is 0 Å². The van der Waals surface area contributed by atoms with Gasteiger partial charge in [0.2, 0.25) is 0 Å². The average Bonchev–Trinajstić information content (AvgIpc) is 3.20. The van der Waals surface area contributed by atoms with Crippen LogP contribution < -0.4 is 0 Å². The number of carbonyl (C=O) groups is 2. The smallest absolute Gasteiger partial charge is 0.462 e. The zero-order valence-corrected chi connectivity index (χ0v) is 37.9. The number of rotatable bonds is 40. The first-order valence-corrected chi connectivity index (χ1v) is 24.8. The lowest BCUT2D eigenvalue weighted by Gasteiger charge is -2.20. The number of allylic oxidation sites excluding steroid dienone is 10. The van der Waals surface area contributed by atoms with E-state index in [4.69, 9.17) is 23.8 Å². The molecular weight excluding hydrogens is 814 g/mol. The lowest BCUT2D eigenvalue weighted by molar-refractivity contribution is -0.161. The minimum Gasteiger partial charge on any atom is -0.462 e. The number of ether oxygens (including phenoxy) is 2. The third-order valence-corrected chi connectivity index (χ3v) is 10.1. The Labute approximate surface area is 359 Å². The minimum absolute atomic E-state index is 0.0151. The molecule has 0 spiro atoms. The van der Waals surface area contributed by atoms with E-state index in [-0.39, 0.29) is 12.8 Å². The number of hydrogen-bond donors (Lipinski definition) is 5. The third kappa shape index (κ3) is 42.2. The van der Waals surface area contributed by atoms with Gasteiger partial charge in [0.15, 0.2) is 6.10 Å². The molecule has 4 atom stereocenters. The van der Waals surface area contributed by atoms with E-state index in [1.807, 2.05) is 36.5 Å². The van der Waals surface area contributed by atoms with Gasteiger partial charge in [0.1, 0.15) is 12.7 Å². The molecule has 16 heteroatoms. The summed E-state index contributed by atoms with van der Waals surface area (Å²) in [4.78, 5) is 52.7. The molecule has 346 valence electrons. The molecule has 0 rings (SSSR count). The fourth-order valence-corrected chi connectivity index (χ4v) is 6.43. The highest BCUT2D eigenvalue weighted by Crippen LogP contribution is 2.43. The second-order valence-corrected chi connectivity index (χ2v) is 17.2. The van der Waals surface area contributed by atoms with Crippen LogP contribution in [0.5, 0.6) is 0 Å². The topological polar surface area (TPSA) is 216 Å². The van der Waals surface area contributed by atoms with Gasteiger partial charge in [-0.3, -0.25) is 23.2 Å². The van der Waals surface area contributed by atoms with Crippen LogP contribution in [-0.2, 0) is 41.8 Å². The molecule has 0 aromatic heterocycles. The van der Waals surface area contributed by atoms with Crippen LogP contribution in [-0.4, -0.2) is 81.6 Å². The minimum atomic E-state index is -4.88. The van der Waals surface area contributed by atoms with Crippen LogP contribution in [0.2, 0.25) is 0 Å². The maximum absolute atomic E-state index is 12.6. The molecule has 0 heterocycles. The Kier molecular flexibility index (Phi) is 37.7. The number of hydrogen-bond acceptors (Lipinski definition) is 11. The van der Waals surface area contributed by atoms with E-state index in [2.05, 4.69) is 53.3 Å². The highest BCUT2D eigenvalue weighted by molar-refractivity contribution is 7.47. The first kappa shape index (κ1) is 57.5. The summed E-state index contributed by atoms with van der Waals surface area (Å²) in [6.45, 7) is 1.52. The number of unbranched alkanes of at least 4 members (excludes halogenated alkanes) is 12. The van der Waals surface area contributed by atoms with Gasteiger partial charge in [-0.25, -0.2) is 9.13 Å². The van der Waals surface area contributed by atoms with Crippen molar-refractivity contribution in [3.8, 4) is 0 Å². The summed E-state index contributed by atoms with van der Waals surface area (Å²) < 4.78 is 47.6. The lowest BCUT2D eigenvalue weighted by atomic mass is 10.1. The van der Waals surface area contributed by atoms with Gasteiger partial charge in [0, 0.05) is 12.8 Å². The molecule has 0 radical (unpaired) electrons. The normalized spacial score (nSPS) is 15.2. The fraction of sp³-hybridized carbons (Fsp3) is 0.682. The molecule has 60 heavy (non-hydrogen) atoms. The molecule has 5 N–H and O–H groups in total. The molecular formula is C44H76O14P2. The second kappa shape index (κ2) is 39.4. The van der Waals surface area contributed by atoms with Crippen LogP contribution >= 0.6 is 15.6 Å². The standard InChI is InChI=1S/C44H76O14P2/c1-3-5-7-9-11-12-13-14-15-16-17-18-22-26-30-34-43(47)54-38-42(39-57-60(52,53)56-37-41(46)36-55-59(49,50)51)58-44(48)35-31-27-23-19-21-25-29-33-40(45)32-28-24-20-10-8-6-4-2/h11-12,14-15,19-20,23-25,28-29,32,40-42,45-46H,3-10,13,16-18,21-22,26-27,30-31,33-39H2,1-2H3,(H,52,53)(H2,49,50,51)/b12-11-,15-14-,23-19+,24-20-,29-25-,32-28-/t40-,41-,42+/m0/s1. The van der Waals surface area contributed by atoms with E-state index in [1.165, 1.54) is 38.5 Å². The van der Waals surface area contributed by atoms with E-state index in [0.29, 0.717) is 32.1 Å². The van der Waals surface area contributed by atoms with Gasteiger partial charge in [-0.15, -0.1) is 0 Å². The first-order chi connectivity index (χ1) is 28.8. The molecule has 0 aliphatic carbocycles. The SMILES string of the molecule is CCCCC/C=C\C=C/[C@H](O)C/C=C\C/C=C/CCCC(=O)O[C@H](COC(=O)CCCCCCC/C=C\C/C=C\CCCCC)COP(=O)(O)OC[C@@H](O)COP(=O)(O)O. The number of phosphoric ester groups is 2. The van der Waals surface area contributed by atoms with Gasteiger partial charge in [0.25, 0.3) is 0 Å². The van der Waals surface area contributed by atoms with Gasteiger partial charge in [-0.1, -0.05) is 132 Å². The van der Waals surface area contributed by atoms with E-state index >= 15 is 0 Å². The Bertz CT molecular complexity index is 1350. The predicted octanol–water partition coefficient (Wildman–Crippen LogP) is 9.98. The summed E-state index contributed by atoms with van der Waals surface area (Å²) in [7, 11) is -9.72. The van der Waals surface area contributed by atoms with E-state index in [9.17, 15) is 33.8 Å². The molecule has 0 aromatic rings. The number of aliphatic hydroxyl groups is 2.